The average Bonchev–Trinajstić information content (AvgIpc) is 2.80. The summed E-state index contributed by atoms with van der Waals surface area (Å²) >= 11 is 7.84. The molecule has 0 aliphatic heterocycles. The molecule has 0 spiro atoms. The number of halogens is 1. The Balaban J connectivity index is 1.51. The minimum atomic E-state index is -0.0357. The lowest BCUT2D eigenvalue weighted by atomic mass is 9.94. The number of aromatic nitrogens is 1. The van der Waals surface area contributed by atoms with Crippen molar-refractivity contribution in [2.75, 3.05) is 20.0 Å². The number of pyridine rings is 1. The first kappa shape index (κ1) is 21.8. The van der Waals surface area contributed by atoms with Crippen molar-refractivity contribution in [3.8, 4) is 11.5 Å². The minimum Gasteiger partial charge on any atom is -0.493 e. The van der Waals surface area contributed by atoms with Crippen molar-refractivity contribution in [3.05, 3.63) is 58.2 Å². The van der Waals surface area contributed by atoms with Crippen molar-refractivity contribution in [2.24, 2.45) is 0 Å². The Morgan fingerprint density at radius 2 is 2.00 bits per heavy atom. The highest BCUT2D eigenvalue weighted by Crippen LogP contribution is 2.37. The van der Waals surface area contributed by atoms with Crippen molar-refractivity contribution in [1.29, 1.82) is 0 Å². The van der Waals surface area contributed by atoms with Crippen LogP contribution in [0.3, 0.4) is 0 Å². The Bertz CT molecular complexity index is 1120. The highest BCUT2D eigenvalue weighted by atomic mass is 35.5. The summed E-state index contributed by atoms with van der Waals surface area (Å²) < 4.78 is 10.8. The molecule has 1 amide bonds. The van der Waals surface area contributed by atoms with Crippen LogP contribution in [0.4, 0.5) is 0 Å². The molecule has 0 radical (unpaired) electrons. The number of nitrogens with one attached hydrogen (secondary N) is 1. The van der Waals surface area contributed by atoms with E-state index >= 15 is 0 Å². The van der Waals surface area contributed by atoms with Gasteiger partial charge in [-0.2, -0.15) is 0 Å². The number of nitrogens with zero attached hydrogens (tertiary/aromatic N) is 1. The fourth-order valence-electron chi connectivity index (χ4n) is 3.99. The molecule has 2 aromatic carbocycles. The van der Waals surface area contributed by atoms with E-state index in [2.05, 4.69) is 5.32 Å². The SMILES string of the molecule is COc1cccc(CNC(=O)CSc2c3c(nc4ccc(Cl)cc24)CCCC3)c1OC. The first-order valence-corrected chi connectivity index (χ1v) is 11.7. The Morgan fingerprint density at radius 3 is 2.81 bits per heavy atom. The van der Waals surface area contributed by atoms with Crippen LogP contribution in [-0.2, 0) is 24.2 Å². The molecular weight excluding hydrogens is 432 g/mol. The molecule has 0 atom stereocenters. The predicted molar refractivity (Wildman–Crippen MR) is 126 cm³/mol. The predicted octanol–water partition coefficient (Wildman–Crippen LogP) is 5.19. The third-order valence-corrected chi connectivity index (χ3v) is 6.88. The fraction of sp³-hybridized carbons (Fsp3) is 0.333. The summed E-state index contributed by atoms with van der Waals surface area (Å²) in [7, 11) is 3.20. The molecule has 162 valence electrons. The second kappa shape index (κ2) is 9.79. The Morgan fingerprint density at radius 1 is 1.16 bits per heavy atom. The third-order valence-electron chi connectivity index (χ3n) is 5.48. The highest BCUT2D eigenvalue weighted by molar-refractivity contribution is 8.00. The number of ether oxygens (including phenoxy) is 2. The molecule has 1 aliphatic carbocycles. The second-order valence-electron chi connectivity index (χ2n) is 7.45. The van der Waals surface area contributed by atoms with Crippen LogP contribution in [-0.4, -0.2) is 30.9 Å². The fourth-order valence-corrected chi connectivity index (χ4v) is 5.26. The molecule has 0 fully saturated rings. The maximum absolute atomic E-state index is 12.7. The number of hydrogen-bond acceptors (Lipinski definition) is 5. The molecule has 3 aromatic rings. The van der Waals surface area contributed by atoms with E-state index in [1.54, 1.807) is 26.0 Å². The van der Waals surface area contributed by atoms with E-state index in [-0.39, 0.29) is 5.91 Å². The standard InChI is InChI=1S/C24H25ClN2O3S/c1-29-21-9-5-6-15(23(21)30-2)13-26-22(28)14-31-24-17-7-3-4-8-19(17)27-20-11-10-16(25)12-18(20)24/h5-6,9-12H,3-4,7-8,13-14H2,1-2H3,(H,26,28). The number of hydrogen-bond donors (Lipinski definition) is 1. The smallest absolute Gasteiger partial charge is 0.230 e. The molecule has 0 bridgehead atoms. The molecule has 31 heavy (non-hydrogen) atoms. The number of amides is 1. The van der Waals surface area contributed by atoms with Crippen molar-refractivity contribution in [2.45, 2.75) is 37.1 Å². The number of thioether (sulfide) groups is 1. The number of benzene rings is 2. The van der Waals surface area contributed by atoms with E-state index in [9.17, 15) is 4.79 Å². The van der Waals surface area contributed by atoms with Crippen molar-refractivity contribution in [3.63, 3.8) is 0 Å². The largest absolute Gasteiger partial charge is 0.493 e. The summed E-state index contributed by atoms with van der Waals surface area (Å²) in [5.41, 5.74) is 4.24. The molecule has 1 aliphatic rings. The molecular formula is C24H25ClN2O3S. The van der Waals surface area contributed by atoms with Crippen molar-refractivity contribution < 1.29 is 14.3 Å². The molecule has 1 N–H and O–H groups in total. The second-order valence-corrected chi connectivity index (χ2v) is 8.87. The van der Waals surface area contributed by atoms with Crippen molar-refractivity contribution >= 4 is 40.2 Å². The first-order valence-electron chi connectivity index (χ1n) is 10.3. The molecule has 5 nitrogen and oxygen atoms in total. The van der Waals surface area contributed by atoms with E-state index < -0.39 is 0 Å². The monoisotopic (exact) mass is 456 g/mol. The lowest BCUT2D eigenvalue weighted by Gasteiger charge is -2.20. The zero-order valence-corrected chi connectivity index (χ0v) is 19.2. The number of carbonyl (C=O) groups is 1. The van der Waals surface area contributed by atoms with Crippen LogP contribution in [0.1, 0.15) is 29.7 Å². The maximum Gasteiger partial charge on any atom is 0.230 e. The van der Waals surface area contributed by atoms with E-state index in [1.165, 1.54) is 5.56 Å². The van der Waals surface area contributed by atoms with Gasteiger partial charge in [0.2, 0.25) is 5.91 Å². The van der Waals surface area contributed by atoms with E-state index in [1.807, 2.05) is 36.4 Å². The molecule has 1 heterocycles. The number of fused-ring (bicyclic) bond motifs is 2. The molecule has 7 heteroatoms. The summed E-state index contributed by atoms with van der Waals surface area (Å²) in [5, 5.41) is 4.71. The van der Waals surface area contributed by atoms with Gasteiger partial charge in [0, 0.05) is 33.1 Å². The normalized spacial score (nSPS) is 13.0. The number of para-hydroxylation sites is 1. The minimum absolute atomic E-state index is 0.0357. The number of aryl methyl sites for hydroxylation is 1. The van der Waals surface area contributed by atoms with Crippen LogP contribution in [0.5, 0.6) is 11.5 Å². The Hall–Kier alpha value is -2.44. The van der Waals surface area contributed by atoms with Crippen LogP contribution in [0, 0.1) is 0 Å². The van der Waals surface area contributed by atoms with Crippen LogP contribution < -0.4 is 14.8 Å². The van der Waals surface area contributed by atoms with Crippen LogP contribution in [0.2, 0.25) is 5.02 Å². The van der Waals surface area contributed by atoms with Gasteiger partial charge >= 0.3 is 0 Å². The number of carbonyl (C=O) groups excluding carboxylic acids is 1. The third kappa shape index (κ3) is 4.75. The van der Waals surface area contributed by atoms with Gasteiger partial charge in [-0.15, -0.1) is 11.8 Å². The Labute approximate surface area is 191 Å². The number of methoxy groups -OCH3 is 2. The van der Waals surface area contributed by atoms with Gasteiger partial charge in [-0.25, -0.2) is 0 Å². The lowest BCUT2D eigenvalue weighted by Crippen LogP contribution is -2.25. The van der Waals surface area contributed by atoms with Crippen LogP contribution >= 0.6 is 23.4 Å². The quantitative estimate of drug-likeness (QED) is 0.495. The first-order chi connectivity index (χ1) is 15.1. The van der Waals surface area contributed by atoms with Gasteiger partial charge in [0.05, 0.1) is 25.5 Å². The zero-order chi connectivity index (χ0) is 21.8. The highest BCUT2D eigenvalue weighted by Gasteiger charge is 2.20. The molecule has 0 saturated carbocycles. The van der Waals surface area contributed by atoms with Gasteiger partial charge in [0.1, 0.15) is 0 Å². The number of rotatable bonds is 7. The summed E-state index contributed by atoms with van der Waals surface area (Å²) in [6.45, 7) is 0.376. The van der Waals surface area contributed by atoms with Gasteiger partial charge in [-0.1, -0.05) is 23.7 Å². The molecule has 4 rings (SSSR count). The Kier molecular flexibility index (Phi) is 6.88. The molecule has 0 saturated heterocycles. The topological polar surface area (TPSA) is 60.5 Å². The van der Waals surface area contributed by atoms with Gasteiger partial charge in [0.25, 0.3) is 0 Å². The van der Waals surface area contributed by atoms with Crippen LogP contribution in [0.25, 0.3) is 10.9 Å². The van der Waals surface area contributed by atoms with E-state index in [4.69, 9.17) is 26.1 Å². The maximum atomic E-state index is 12.7. The molecule has 1 aromatic heterocycles. The summed E-state index contributed by atoms with van der Waals surface area (Å²) in [5.74, 6) is 1.58. The summed E-state index contributed by atoms with van der Waals surface area (Å²) in [6, 6.07) is 11.4. The van der Waals surface area contributed by atoms with Crippen molar-refractivity contribution in [1.82, 2.24) is 10.3 Å². The summed E-state index contributed by atoms with van der Waals surface area (Å²) in [6.07, 6.45) is 4.29. The van der Waals surface area contributed by atoms with E-state index in [0.29, 0.717) is 28.8 Å². The molecule has 0 unspecified atom stereocenters. The summed E-state index contributed by atoms with van der Waals surface area (Å²) in [4.78, 5) is 18.7. The van der Waals surface area contributed by atoms with Crippen LogP contribution in [0.15, 0.2) is 41.3 Å². The van der Waals surface area contributed by atoms with Gasteiger partial charge in [-0.05, 0) is 55.5 Å². The lowest BCUT2D eigenvalue weighted by molar-refractivity contribution is -0.118. The van der Waals surface area contributed by atoms with Gasteiger partial charge in [-0.3, -0.25) is 9.78 Å². The average molecular weight is 457 g/mol. The van der Waals surface area contributed by atoms with E-state index in [0.717, 1.165) is 52.7 Å². The zero-order valence-electron chi connectivity index (χ0n) is 17.7. The van der Waals surface area contributed by atoms with Gasteiger partial charge in [0.15, 0.2) is 11.5 Å². The van der Waals surface area contributed by atoms with Gasteiger partial charge < -0.3 is 14.8 Å².